The molecule has 1 unspecified atom stereocenters. The van der Waals surface area contributed by atoms with E-state index in [4.69, 9.17) is 10.5 Å². The van der Waals surface area contributed by atoms with E-state index in [1.165, 1.54) is 5.56 Å². The van der Waals surface area contributed by atoms with Crippen LogP contribution in [0.15, 0.2) is 16.8 Å². The lowest BCUT2D eigenvalue weighted by Crippen LogP contribution is -2.55. The van der Waals surface area contributed by atoms with Gasteiger partial charge in [-0.25, -0.2) is 0 Å². The summed E-state index contributed by atoms with van der Waals surface area (Å²) in [5.74, 6) is 0. The number of nitrogens with two attached hydrogens (primary N) is 1. The molecule has 2 heterocycles. The van der Waals surface area contributed by atoms with Crippen LogP contribution in [0.3, 0.4) is 0 Å². The number of nitrogens with zero attached hydrogens (tertiary/aromatic N) is 1. The summed E-state index contributed by atoms with van der Waals surface area (Å²) in [6.07, 6.45) is 0. The van der Waals surface area contributed by atoms with Crippen LogP contribution >= 0.6 is 11.3 Å². The third-order valence-electron chi connectivity index (χ3n) is 3.49. The largest absolute Gasteiger partial charge is 0.379 e. The molecule has 0 aromatic carbocycles. The maximum atomic E-state index is 6.37. The van der Waals surface area contributed by atoms with Gasteiger partial charge in [-0.2, -0.15) is 11.3 Å². The molecule has 4 heteroatoms. The lowest BCUT2D eigenvalue weighted by Gasteiger charge is -2.44. The summed E-state index contributed by atoms with van der Waals surface area (Å²) in [7, 11) is 0. The molecular formula is C12H20N2OS. The molecule has 0 bridgehead atoms. The van der Waals surface area contributed by atoms with E-state index in [1.807, 2.05) is 0 Å². The number of hydrogen-bond acceptors (Lipinski definition) is 4. The van der Waals surface area contributed by atoms with Crippen molar-refractivity contribution in [1.29, 1.82) is 0 Å². The van der Waals surface area contributed by atoms with E-state index < -0.39 is 0 Å². The summed E-state index contributed by atoms with van der Waals surface area (Å²) >= 11 is 1.71. The highest BCUT2D eigenvalue weighted by Crippen LogP contribution is 2.30. The Morgan fingerprint density at radius 2 is 2.12 bits per heavy atom. The second-order valence-corrected chi connectivity index (χ2v) is 5.57. The fourth-order valence-electron chi connectivity index (χ4n) is 2.20. The minimum absolute atomic E-state index is 0.00907. The molecule has 0 amide bonds. The fraction of sp³-hybridized carbons (Fsp3) is 0.667. The van der Waals surface area contributed by atoms with Crippen molar-refractivity contribution in [2.75, 3.05) is 26.3 Å². The van der Waals surface area contributed by atoms with Gasteiger partial charge in [0.05, 0.1) is 13.2 Å². The lowest BCUT2D eigenvalue weighted by molar-refractivity contribution is -0.0190. The average molecular weight is 240 g/mol. The van der Waals surface area contributed by atoms with Crippen molar-refractivity contribution in [2.24, 2.45) is 5.73 Å². The van der Waals surface area contributed by atoms with E-state index in [0.717, 1.165) is 26.3 Å². The third-order valence-corrected chi connectivity index (χ3v) is 4.19. The zero-order valence-corrected chi connectivity index (χ0v) is 10.8. The number of morpholine rings is 1. The summed E-state index contributed by atoms with van der Waals surface area (Å²) in [6.45, 7) is 8.04. The van der Waals surface area contributed by atoms with E-state index >= 15 is 0 Å². The zero-order chi connectivity index (χ0) is 11.6. The molecule has 1 aliphatic heterocycles. The van der Waals surface area contributed by atoms with Crippen molar-refractivity contribution in [3.8, 4) is 0 Å². The molecule has 2 N–H and O–H groups in total. The molecule has 2 rings (SSSR count). The molecular weight excluding hydrogens is 220 g/mol. The van der Waals surface area contributed by atoms with E-state index in [-0.39, 0.29) is 11.6 Å². The van der Waals surface area contributed by atoms with Crippen LogP contribution in [0, 0.1) is 0 Å². The Hall–Kier alpha value is -0.420. The molecule has 1 aliphatic rings. The Balaban J connectivity index is 2.10. The van der Waals surface area contributed by atoms with Gasteiger partial charge in [-0.05, 0) is 36.2 Å². The highest BCUT2D eigenvalue weighted by Gasteiger charge is 2.34. The third kappa shape index (κ3) is 2.30. The monoisotopic (exact) mass is 240 g/mol. The molecule has 0 radical (unpaired) electrons. The molecule has 0 spiro atoms. The molecule has 1 aromatic rings. The normalized spacial score (nSPS) is 20.9. The highest BCUT2D eigenvalue weighted by molar-refractivity contribution is 7.07. The maximum Gasteiger partial charge on any atom is 0.0594 e. The number of thiophene rings is 1. The summed E-state index contributed by atoms with van der Waals surface area (Å²) in [6, 6.07) is 2.19. The van der Waals surface area contributed by atoms with Gasteiger partial charge in [0.15, 0.2) is 0 Å². The Labute approximate surface area is 101 Å². The van der Waals surface area contributed by atoms with Gasteiger partial charge in [0, 0.05) is 24.7 Å². The van der Waals surface area contributed by atoms with Crippen molar-refractivity contribution >= 4 is 11.3 Å². The van der Waals surface area contributed by atoms with Crippen molar-refractivity contribution in [2.45, 2.75) is 25.4 Å². The highest BCUT2D eigenvalue weighted by atomic mass is 32.1. The van der Waals surface area contributed by atoms with Gasteiger partial charge >= 0.3 is 0 Å². The number of ether oxygens (including phenoxy) is 1. The van der Waals surface area contributed by atoms with Gasteiger partial charge < -0.3 is 10.5 Å². The van der Waals surface area contributed by atoms with Crippen LogP contribution in [0.2, 0.25) is 0 Å². The Morgan fingerprint density at radius 1 is 1.44 bits per heavy atom. The second kappa shape index (κ2) is 4.84. The van der Waals surface area contributed by atoms with Crippen LogP contribution < -0.4 is 5.73 Å². The van der Waals surface area contributed by atoms with Gasteiger partial charge in [0.1, 0.15) is 0 Å². The molecule has 1 fully saturated rings. The molecule has 16 heavy (non-hydrogen) atoms. The fourth-order valence-corrected chi connectivity index (χ4v) is 2.89. The molecule has 90 valence electrons. The first kappa shape index (κ1) is 12.0. The first-order valence-electron chi connectivity index (χ1n) is 5.73. The predicted octanol–water partition coefficient (Wildman–Crippen LogP) is 1.86. The zero-order valence-electron chi connectivity index (χ0n) is 9.98. The Kier molecular flexibility index (Phi) is 3.64. The first-order valence-corrected chi connectivity index (χ1v) is 6.67. The van der Waals surface area contributed by atoms with Crippen molar-refractivity contribution in [3.05, 3.63) is 22.4 Å². The van der Waals surface area contributed by atoms with Crippen LogP contribution in [0.1, 0.15) is 25.5 Å². The van der Waals surface area contributed by atoms with E-state index in [1.54, 1.807) is 11.3 Å². The first-order chi connectivity index (χ1) is 7.62. The standard InChI is InChI=1S/C12H20N2OS/c1-12(2,14-4-6-15-7-5-14)11(13)10-3-8-16-9-10/h3,8-9,11H,4-7,13H2,1-2H3. The summed E-state index contributed by atoms with van der Waals surface area (Å²) in [5.41, 5.74) is 7.60. The van der Waals surface area contributed by atoms with Gasteiger partial charge in [-0.1, -0.05) is 0 Å². The van der Waals surface area contributed by atoms with Crippen LogP contribution in [-0.4, -0.2) is 36.7 Å². The topological polar surface area (TPSA) is 38.5 Å². The maximum absolute atomic E-state index is 6.37. The SMILES string of the molecule is CC(C)(C(N)c1ccsc1)N1CCOCC1. The predicted molar refractivity (Wildman–Crippen MR) is 67.7 cm³/mol. The summed E-state index contributed by atoms with van der Waals surface area (Å²) < 4.78 is 5.38. The van der Waals surface area contributed by atoms with Gasteiger partial charge in [0.25, 0.3) is 0 Å². The van der Waals surface area contributed by atoms with Gasteiger partial charge in [0.2, 0.25) is 0 Å². The smallest absolute Gasteiger partial charge is 0.0594 e. The number of hydrogen-bond donors (Lipinski definition) is 1. The van der Waals surface area contributed by atoms with Crippen molar-refractivity contribution in [1.82, 2.24) is 4.90 Å². The van der Waals surface area contributed by atoms with Crippen LogP contribution in [0.5, 0.6) is 0 Å². The minimum atomic E-state index is -0.00907. The van der Waals surface area contributed by atoms with Crippen LogP contribution in [0.25, 0.3) is 0 Å². The average Bonchev–Trinajstić information content (AvgIpc) is 2.82. The quantitative estimate of drug-likeness (QED) is 0.876. The lowest BCUT2D eigenvalue weighted by atomic mass is 9.88. The van der Waals surface area contributed by atoms with E-state index in [9.17, 15) is 0 Å². The summed E-state index contributed by atoms with van der Waals surface area (Å²) in [5, 5.41) is 4.23. The number of rotatable bonds is 3. The molecule has 1 atom stereocenters. The Bertz CT molecular complexity index is 318. The molecule has 3 nitrogen and oxygen atoms in total. The van der Waals surface area contributed by atoms with Gasteiger partial charge in [-0.3, -0.25) is 4.90 Å². The van der Waals surface area contributed by atoms with Gasteiger partial charge in [-0.15, -0.1) is 0 Å². The van der Waals surface area contributed by atoms with E-state index in [0.29, 0.717) is 0 Å². The van der Waals surface area contributed by atoms with Crippen molar-refractivity contribution in [3.63, 3.8) is 0 Å². The molecule has 1 aromatic heterocycles. The minimum Gasteiger partial charge on any atom is -0.379 e. The van der Waals surface area contributed by atoms with Crippen molar-refractivity contribution < 1.29 is 4.74 Å². The van der Waals surface area contributed by atoms with Crippen LogP contribution in [-0.2, 0) is 4.74 Å². The Morgan fingerprint density at radius 3 is 2.69 bits per heavy atom. The van der Waals surface area contributed by atoms with E-state index in [2.05, 4.69) is 35.6 Å². The molecule has 1 saturated heterocycles. The van der Waals surface area contributed by atoms with Crippen LogP contribution in [0.4, 0.5) is 0 Å². The molecule has 0 saturated carbocycles. The summed E-state index contributed by atoms with van der Waals surface area (Å²) in [4.78, 5) is 2.43. The second-order valence-electron chi connectivity index (χ2n) is 4.79. The molecule has 0 aliphatic carbocycles.